The first kappa shape index (κ1) is 24.3. The van der Waals surface area contributed by atoms with Crippen LogP contribution in [-0.2, 0) is 19.1 Å². The Balaban J connectivity index is 1.93. The molecule has 0 N–H and O–H groups in total. The molecular weight excluding hydrogens is 466 g/mol. The van der Waals surface area contributed by atoms with Gasteiger partial charge in [0.05, 0.1) is 25.8 Å². The number of nitrogens with zero attached hydrogens (tertiary/aromatic N) is 1. The first-order valence-electron chi connectivity index (χ1n) is 11.1. The summed E-state index contributed by atoms with van der Waals surface area (Å²) in [5, 5.41) is 3.80. The van der Waals surface area contributed by atoms with E-state index in [1.165, 1.54) is 36.5 Å². The molecule has 2 unspecified atom stereocenters. The van der Waals surface area contributed by atoms with Crippen molar-refractivity contribution in [3.63, 3.8) is 0 Å². The number of amides is 1. The van der Waals surface area contributed by atoms with Gasteiger partial charge in [-0.2, -0.15) is 11.3 Å². The minimum atomic E-state index is -1.20. The van der Waals surface area contributed by atoms with Gasteiger partial charge in [0.25, 0.3) is 5.91 Å². The molecule has 2 aromatic carbocycles. The number of carbonyl (C=O) groups excluding carboxylic acids is 4. The number of hydrogen-bond acceptors (Lipinski definition) is 7. The Bertz CT molecular complexity index is 1300. The van der Waals surface area contributed by atoms with Gasteiger partial charge in [0.15, 0.2) is 0 Å². The average molecular weight is 492 g/mol. The second kappa shape index (κ2) is 9.84. The standard InChI is InChI=1S/C27H25NO6S/c1-15(2)24(29)22-23(19-7-5-6-8-21(19)33-3)28(26(31)25(22)30)17-9-10-18(16-11-12-35-14-16)20(13-17)27(32)34-4/h5-15,22-23H,1-4H3. The number of ether oxygens (including phenoxy) is 2. The molecule has 1 fully saturated rings. The summed E-state index contributed by atoms with van der Waals surface area (Å²) in [4.78, 5) is 53.7. The fourth-order valence-electron chi connectivity index (χ4n) is 4.45. The number of esters is 1. The zero-order valence-corrected chi connectivity index (χ0v) is 20.6. The van der Waals surface area contributed by atoms with Crippen molar-refractivity contribution < 1.29 is 28.7 Å². The monoisotopic (exact) mass is 491 g/mol. The van der Waals surface area contributed by atoms with E-state index in [1.54, 1.807) is 50.2 Å². The molecule has 0 saturated carbocycles. The predicted molar refractivity (Wildman–Crippen MR) is 133 cm³/mol. The Hall–Kier alpha value is -3.78. The maximum absolute atomic E-state index is 13.4. The van der Waals surface area contributed by atoms with E-state index in [4.69, 9.17) is 9.47 Å². The molecule has 0 spiro atoms. The second-order valence-electron chi connectivity index (χ2n) is 8.49. The molecule has 2 heterocycles. The van der Waals surface area contributed by atoms with Crippen LogP contribution in [-0.4, -0.2) is 37.7 Å². The number of methoxy groups -OCH3 is 2. The van der Waals surface area contributed by atoms with Crippen molar-refractivity contribution in [3.05, 3.63) is 70.4 Å². The molecule has 1 aliphatic rings. The number of benzene rings is 2. The smallest absolute Gasteiger partial charge is 0.338 e. The van der Waals surface area contributed by atoms with E-state index in [2.05, 4.69) is 0 Å². The first-order chi connectivity index (χ1) is 16.8. The number of ketones is 2. The van der Waals surface area contributed by atoms with Crippen molar-refractivity contribution in [2.45, 2.75) is 19.9 Å². The molecule has 0 aliphatic carbocycles. The van der Waals surface area contributed by atoms with E-state index < -0.39 is 35.5 Å². The summed E-state index contributed by atoms with van der Waals surface area (Å²) in [5.41, 5.74) is 2.58. The summed E-state index contributed by atoms with van der Waals surface area (Å²) in [5.74, 6) is -3.69. The van der Waals surface area contributed by atoms with Gasteiger partial charge in [0.1, 0.15) is 17.5 Å². The SMILES string of the molecule is COC(=O)c1cc(N2C(=O)C(=O)C(C(=O)C(C)C)C2c2ccccc2OC)ccc1-c1ccsc1. The minimum absolute atomic E-state index is 0.251. The van der Waals surface area contributed by atoms with Gasteiger partial charge in [-0.1, -0.05) is 38.1 Å². The van der Waals surface area contributed by atoms with Crippen molar-refractivity contribution in [1.29, 1.82) is 0 Å². The highest BCUT2D eigenvalue weighted by molar-refractivity contribution is 7.08. The van der Waals surface area contributed by atoms with Gasteiger partial charge in [0.2, 0.25) is 5.78 Å². The maximum atomic E-state index is 13.4. The van der Waals surface area contributed by atoms with Crippen molar-refractivity contribution >= 4 is 40.5 Å². The molecule has 8 heteroatoms. The molecule has 2 atom stereocenters. The highest BCUT2D eigenvalue weighted by Crippen LogP contribution is 2.45. The van der Waals surface area contributed by atoms with E-state index in [0.29, 0.717) is 22.6 Å². The van der Waals surface area contributed by atoms with Crippen molar-refractivity contribution in [2.24, 2.45) is 11.8 Å². The lowest BCUT2D eigenvalue weighted by Gasteiger charge is -2.29. The third kappa shape index (κ3) is 4.25. The van der Waals surface area contributed by atoms with Crippen LogP contribution < -0.4 is 9.64 Å². The summed E-state index contributed by atoms with van der Waals surface area (Å²) < 4.78 is 10.5. The van der Waals surface area contributed by atoms with Crippen LogP contribution >= 0.6 is 11.3 Å². The molecule has 1 amide bonds. The minimum Gasteiger partial charge on any atom is -0.496 e. The third-order valence-corrected chi connectivity index (χ3v) is 6.84. The van der Waals surface area contributed by atoms with Gasteiger partial charge >= 0.3 is 5.97 Å². The highest BCUT2D eigenvalue weighted by atomic mass is 32.1. The van der Waals surface area contributed by atoms with Crippen molar-refractivity contribution in [2.75, 3.05) is 19.1 Å². The Labute approximate surface area is 207 Å². The lowest BCUT2D eigenvalue weighted by molar-refractivity contribution is -0.139. The summed E-state index contributed by atoms with van der Waals surface area (Å²) in [7, 11) is 2.78. The van der Waals surface area contributed by atoms with E-state index in [1.807, 2.05) is 16.8 Å². The summed E-state index contributed by atoms with van der Waals surface area (Å²) in [6.07, 6.45) is 0. The zero-order valence-electron chi connectivity index (χ0n) is 19.8. The van der Waals surface area contributed by atoms with E-state index in [9.17, 15) is 19.2 Å². The zero-order chi connectivity index (χ0) is 25.3. The van der Waals surface area contributed by atoms with E-state index >= 15 is 0 Å². The maximum Gasteiger partial charge on any atom is 0.338 e. The fraction of sp³-hybridized carbons (Fsp3) is 0.259. The average Bonchev–Trinajstić information content (AvgIpc) is 3.49. The number of carbonyl (C=O) groups is 4. The summed E-state index contributed by atoms with van der Waals surface area (Å²) >= 11 is 1.49. The van der Waals surface area contributed by atoms with E-state index in [0.717, 1.165) is 5.56 Å². The first-order valence-corrected chi connectivity index (χ1v) is 12.0. The molecule has 180 valence electrons. The number of thiophene rings is 1. The van der Waals surface area contributed by atoms with Gasteiger partial charge in [-0.15, -0.1) is 0 Å². The molecular formula is C27H25NO6S. The van der Waals surface area contributed by atoms with Crippen LogP contribution in [0.15, 0.2) is 59.3 Å². The molecule has 1 saturated heterocycles. The molecule has 4 rings (SSSR count). The van der Waals surface area contributed by atoms with Crippen LogP contribution in [0.4, 0.5) is 5.69 Å². The number of rotatable bonds is 7. The molecule has 1 aliphatic heterocycles. The van der Waals surface area contributed by atoms with Gasteiger partial charge in [-0.05, 0) is 46.2 Å². The fourth-order valence-corrected chi connectivity index (χ4v) is 5.11. The van der Waals surface area contributed by atoms with Crippen LogP contribution in [0.3, 0.4) is 0 Å². The van der Waals surface area contributed by atoms with Gasteiger partial charge < -0.3 is 9.47 Å². The van der Waals surface area contributed by atoms with E-state index in [-0.39, 0.29) is 11.3 Å². The van der Waals surface area contributed by atoms with Crippen LogP contribution in [0, 0.1) is 11.8 Å². The lowest BCUT2D eigenvalue weighted by atomic mass is 9.84. The topological polar surface area (TPSA) is 90.0 Å². The number of para-hydroxylation sites is 1. The van der Waals surface area contributed by atoms with Crippen LogP contribution in [0.5, 0.6) is 5.75 Å². The van der Waals surface area contributed by atoms with Crippen LogP contribution in [0.2, 0.25) is 0 Å². The van der Waals surface area contributed by atoms with Gasteiger partial charge in [-0.25, -0.2) is 4.79 Å². The Morgan fingerprint density at radius 3 is 2.40 bits per heavy atom. The van der Waals surface area contributed by atoms with Crippen molar-refractivity contribution in [1.82, 2.24) is 0 Å². The molecule has 0 radical (unpaired) electrons. The summed E-state index contributed by atoms with van der Waals surface area (Å²) in [6, 6.07) is 12.9. The molecule has 7 nitrogen and oxygen atoms in total. The largest absolute Gasteiger partial charge is 0.496 e. The molecule has 1 aromatic heterocycles. The molecule has 3 aromatic rings. The Morgan fingerprint density at radius 1 is 1.03 bits per heavy atom. The number of anilines is 1. The quantitative estimate of drug-likeness (QED) is 0.270. The highest BCUT2D eigenvalue weighted by Gasteiger charge is 2.53. The van der Waals surface area contributed by atoms with Crippen LogP contribution in [0.25, 0.3) is 11.1 Å². The molecule has 35 heavy (non-hydrogen) atoms. The second-order valence-corrected chi connectivity index (χ2v) is 9.27. The molecule has 0 bridgehead atoms. The lowest BCUT2D eigenvalue weighted by Crippen LogP contribution is -2.32. The normalized spacial score (nSPS) is 17.7. The Kier molecular flexibility index (Phi) is 6.84. The van der Waals surface area contributed by atoms with Gasteiger partial charge in [0, 0.05) is 17.2 Å². The van der Waals surface area contributed by atoms with Crippen molar-refractivity contribution in [3.8, 4) is 16.9 Å². The summed E-state index contributed by atoms with van der Waals surface area (Å²) in [6.45, 7) is 3.40. The van der Waals surface area contributed by atoms with Crippen LogP contribution in [0.1, 0.15) is 35.8 Å². The number of hydrogen-bond donors (Lipinski definition) is 0. The number of Topliss-reactive ketones (excluding diaryl/α,β-unsaturated/α-hetero) is 2. The van der Waals surface area contributed by atoms with Gasteiger partial charge in [-0.3, -0.25) is 19.3 Å². The predicted octanol–water partition coefficient (Wildman–Crippen LogP) is 4.71. The Morgan fingerprint density at radius 2 is 1.77 bits per heavy atom. The third-order valence-electron chi connectivity index (χ3n) is 6.16.